The summed E-state index contributed by atoms with van der Waals surface area (Å²) < 4.78 is 11.0. The average molecular weight is 468 g/mol. The van der Waals surface area contributed by atoms with Crippen molar-refractivity contribution in [3.63, 3.8) is 0 Å². The first-order chi connectivity index (χ1) is 16.2. The predicted octanol–water partition coefficient (Wildman–Crippen LogP) is 5.25. The van der Waals surface area contributed by atoms with Gasteiger partial charge < -0.3 is 9.47 Å². The zero-order valence-corrected chi connectivity index (χ0v) is 19.6. The number of Topliss-reactive ketones (excluding diaryl/α,β-unsaturated/α-hetero) is 1. The number of non-ortho nitro benzene ring substituents is 1. The first kappa shape index (κ1) is 25.1. The quantitative estimate of drug-likeness (QED) is 0.225. The molecular formula is C26H29NO7. The van der Waals surface area contributed by atoms with Crippen LogP contribution in [0.1, 0.15) is 71.1 Å². The van der Waals surface area contributed by atoms with Gasteiger partial charge in [0.15, 0.2) is 12.4 Å². The lowest BCUT2D eigenvalue weighted by atomic mass is 9.75. The molecule has 0 N–H and O–H groups in total. The third kappa shape index (κ3) is 6.07. The van der Waals surface area contributed by atoms with Crippen molar-refractivity contribution >= 4 is 23.4 Å². The second-order valence-electron chi connectivity index (χ2n) is 9.12. The summed E-state index contributed by atoms with van der Waals surface area (Å²) in [5.41, 5.74) is 0.148. The van der Waals surface area contributed by atoms with E-state index in [-0.39, 0.29) is 34.4 Å². The molecule has 0 spiro atoms. The first-order valence-corrected chi connectivity index (χ1v) is 11.4. The Bertz CT molecular complexity index is 1060. The minimum atomic E-state index is -0.819. The van der Waals surface area contributed by atoms with E-state index in [1.54, 1.807) is 12.1 Å². The molecule has 2 aromatic rings. The van der Waals surface area contributed by atoms with E-state index in [9.17, 15) is 24.5 Å². The van der Waals surface area contributed by atoms with Crippen LogP contribution < -0.4 is 0 Å². The number of carbonyl (C=O) groups excluding carboxylic acids is 3. The highest BCUT2D eigenvalue weighted by Gasteiger charge is 2.34. The van der Waals surface area contributed by atoms with Crippen LogP contribution in [0.4, 0.5) is 5.69 Å². The van der Waals surface area contributed by atoms with Crippen molar-refractivity contribution in [1.29, 1.82) is 0 Å². The number of nitro groups is 1. The van der Waals surface area contributed by atoms with Gasteiger partial charge in [0.05, 0.1) is 16.1 Å². The monoisotopic (exact) mass is 467 g/mol. The fraction of sp³-hybridized carbons (Fsp3) is 0.423. The summed E-state index contributed by atoms with van der Waals surface area (Å²) in [6.45, 7) is 5.82. The van der Waals surface area contributed by atoms with Gasteiger partial charge in [0, 0.05) is 17.7 Å². The standard InChI is InChI=1S/C26H29NO7/c1-16(2)20-13-8-17(3)14-24(20)34-26(30)22-7-5-4-6-21(22)25(29)33-15-23(28)18-9-11-19(12-10-18)27(31)32/h4-7,9-12,16-17,20,24H,8,13-15H2,1-3H3/t17-,20+,24-/m0/s1. The van der Waals surface area contributed by atoms with Crippen LogP contribution in [0, 0.1) is 27.9 Å². The minimum Gasteiger partial charge on any atom is -0.458 e. The van der Waals surface area contributed by atoms with Crippen LogP contribution in [0.5, 0.6) is 0 Å². The largest absolute Gasteiger partial charge is 0.458 e. The Hall–Kier alpha value is -3.55. The molecule has 1 aliphatic carbocycles. The van der Waals surface area contributed by atoms with Crippen LogP contribution in [0.15, 0.2) is 48.5 Å². The van der Waals surface area contributed by atoms with E-state index in [2.05, 4.69) is 20.8 Å². The second kappa shape index (κ2) is 11.0. The molecular weight excluding hydrogens is 438 g/mol. The maximum Gasteiger partial charge on any atom is 0.339 e. The molecule has 0 aromatic heterocycles. The van der Waals surface area contributed by atoms with Crippen molar-refractivity contribution in [2.24, 2.45) is 17.8 Å². The molecule has 3 atom stereocenters. The molecule has 1 saturated carbocycles. The van der Waals surface area contributed by atoms with Crippen molar-refractivity contribution in [2.75, 3.05) is 6.61 Å². The molecule has 0 saturated heterocycles. The Kier molecular flexibility index (Phi) is 8.15. The highest BCUT2D eigenvalue weighted by Crippen LogP contribution is 2.35. The molecule has 180 valence electrons. The Balaban J connectivity index is 1.67. The molecule has 0 unspecified atom stereocenters. The summed E-state index contributed by atoms with van der Waals surface area (Å²) in [6, 6.07) is 11.2. The van der Waals surface area contributed by atoms with E-state index in [4.69, 9.17) is 9.47 Å². The van der Waals surface area contributed by atoms with Crippen molar-refractivity contribution in [3.05, 3.63) is 75.3 Å². The highest BCUT2D eigenvalue weighted by atomic mass is 16.6. The second-order valence-corrected chi connectivity index (χ2v) is 9.12. The number of esters is 2. The average Bonchev–Trinajstić information content (AvgIpc) is 2.82. The molecule has 0 aliphatic heterocycles. The van der Waals surface area contributed by atoms with E-state index in [0.717, 1.165) is 19.3 Å². The number of nitro benzene ring substituents is 1. The molecule has 0 heterocycles. The number of hydrogen-bond donors (Lipinski definition) is 0. The van der Waals surface area contributed by atoms with Gasteiger partial charge in [-0.05, 0) is 54.9 Å². The minimum absolute atomic E-state index is 0.0222. The number of hydrogen-bond acceptors (Lipinski definition) is 7. The predicted molar refractivity (Wildman–Crippen MR) is 125 cm³/mol. The number of ketones is 1. The van der Waals surface area contributed by atoms with Gasteiger partial charge in [-0.25, -0.2) is 9.59 Å². The van der Waals surface area contributed by atoms with Crippen LogP contribution >= 0.6 is 0 Å². The summed E-state index contributed by atoms with van der Waals surface area (Å²) in [7, 11) is 0. The fourth-order valence-corrected chi connectivity index (χ4v) is 4.35. The smallest absolute Gasteiger partial charge is 0.339 e. The summed E-state index contributed by atoms with van der Waals surface area (Å²) >= 11 is 0. The normalized spacial score (nSPS) is 19.9. The highest BCUT2D eigenvalue weighted by molar-refractivity contribution is 6.04. The molecule has 8 nitrogen and oxygen atoms in total. The van der Waals surface area contributed by atoms with Gasteiger partial charge in [-0.2, -0.15) is 0 Å². The van der Waals surface area contributed by atoms with Gasteiger partial charge in [0.1, 0.15) is 6.10 Å². The number of nitrogens with zero attached hydrogens (tertiary/aromatic N) is 1. The van der Waals surface area contributed by atoms with Crippen LogP contribution in [0.2, 0.25) is 0 Å². The van der Waals surface area contributed by atoms with Gasteiger partial charge >= 0.3 is 11.9 Å². The fourth-order valence-electron chi connectivity index (χ4n) is 4.35. The summed E-state index contributed by atoms with van der Waals surface area (Å²) in [5.74, 6) is -0.827. The van der Waals surface area contributed by atoms with E-state index in [0.29, 0.717) is 11.8 Å². The zero-order valence-electron chi connectivity index (χ0n) is 19.6. The van der Waals surface area contributed by atoms with Crippen LogP contribution in [-0.2, 0) is 9.47 Å². The number of benzene rings is 2. The summed E-state index contributed by atoms with van der Waals surface area (Å²) in [5, 5.41) is 10.7. The van der Waals surface area contributed by atoms with Crippen LogP contribution in [0.3, 0.4) is 0 Å². The summed E-state index contributed by atoms with van der Waals surface area (Å²) in [6.07, 6.45) is 2.66. The van der Waals surface area contributed by atoms with Gasteiger partial charge in [0.2, 0.25) is 0 Å². The Morgan fingerprint density at radius 1 is 1.00 bits per heavy atom. The van der Waals surface area contributed by atoms with Gasteiger partial charge in [-0.3, -0.25) is 14.9 Å². The van der Waals surface area contributed by atoms with Gasteiger partial charge in [-0.15, -0.1) is 0 Å². The Morgan fingerprint density at radius 2 is 1.62 bits per heavy atom. The lowest BCUT2D eigenvalue weighted by Crippen LogP contribution is -2.36. The van der Waals surface area contributed by atoms with E-state index < -0.39 is 29.3 Å². The lowest BCUT2D eigenvalue weighted by Gasteiger charge is -2.36. The Labute approximate surface area is 198 Å². The van der Waals surface area contributed by atoms with Crippen molar-refractivity contribution in [3.8, 4) is 0 Å². The summed E-state index contributed by atoms with van der Waals surface area (Å²) in [4.78, 5) is 48.2. The number of carbonyl (C=O) groups is 3. The molecule has 8 heteroatoms. The number of ether oxygens (including phenoxy) is 2. The molecule has 2 aromatic carbocycles. The topological polar surface area (TPSA) is 113 Å². The third-order valence-corrected chi connectivity index (χ3v) is 6.32. The molecule has 3 rings (SSSR count). The SMILES string of the molecule is CC(C)[C@H]1CC[C@H](C)C[C@@H]1OC(=O)c1ccccc1C(=O)OCC(=O)c1ccc([N+](=O)[O-])cc1. The maximum atomic E-state index is 13.0. The van der Waals surface area contributed by atoms with Gasteiger partial charge in [-0.1, -0.05) is 39.3 Å². The molecule has 0 radical (unpaired) electrons. The van der Waals surface area contributed by atoms with Crippen molar-refractivity contribution in [1.82, 2.24) is 0 Å². The molecule has 0 amide bonds. The first-order valence-electron chi connectivity index (χ1n) is 11.4. The van der Waals surface area contributed by atoms with Gasteiger partial charge in [0.25, 0.3) is 5.69 Å². The van der Waals surface area contributed by atoms with E-state index >= 15 is 0 Å². The van der Waals surface area contributed by atoms with Crippen molar-refractivity contribution in [2.45, 2.75) is 46.1 Å². The number of rotatable bonds is 8. The lowest BCUT2D eigenvalue weighted by molar-refractivity contribution is -0.384. The zero-order chi connectivity index (χ0) is 24.8. The molecule has 0 bridgehead atoms. The Morgan fingerprint density at radius 3 is 2.21 bits per heavy atom. The molecule has 1 aliphatic rings. The van der Waals surface area contributed by atoms with Crippen molar-refractivity contribution < 1.29 is 28.8 Å². The molecule has 34 heavy (non-hydrogen) atoms. The maximum absolute atomic E-state index is 13.0. The molecule has 1 fully saturated rings. The van der Waals surface area contributed by atoms with E-state index in [1.165, 1.54) is 36.4 Å². The third-order valence-electron chi connectivity index (χ3n) is 6.32. The van der Waals surface area contributed by atoms with E-state index in [1.807, 2.05) is 0 Å². The van der Waals surface area contributed by atoms with Crippen LogP contribution in [0.25, 0.3) is 0 Å². The van der Waals surface area contributed by atoms with Crippen LogP contribution in [-0.4, -0.2) is 35.4 Å².